The lowest BCUT2D eigenvalue weighted by Gasteiger charge is -2.26. The molecule has 1 heterocycles. The van der Waals surface area contributed by atoms with Gasteiger partial charge < -0.3 is 14.7 Å². The molecule has 0 radical (unpaired) electrons. The number of nitrogens with zero attached hydrogens (tertiary/aromatic N) is 1. The zero-order valence-corrected chi connectivity index (χ0v) is 14.2. The smallest absolute Gasteiger partial charge is 0.335 e. The summed E-state index contributed by atoms with van der Waals surface area (Å²) in [6.45, 7) is 1.65. The molecule has 0 bridgehead atoms. The number of carbonyl (C=O) groups is 2. The van der Waals surface area contributed by atoms with Crippen molar-refractivity contribution in [3.63, 3.8) is 0 Å². The van der Waals surface area contributed by atoms with Gasteiger partial charge in [-0.3, -0.25) is 4.79 Å². The molecule has 3 rings (SSSR count). The number of likely N-dealkylation sites (tertiary alicyclic amines) is 1. The van der Waals surface area contributed by atoms with Gasteiger partial charge >= 0.3 is 5.97 Å². The lowest BCUT2D eigenvalue weighted by atomic mass is 10.0. The van der Waals surface area contributed by atoms with Crippen LogP contribution in [0.2, 0.25) is 0 Å². The number of carboxylic acid groups (broad SMARTS) is 1. The minimum Gasteiger partial charge on any atom is -0.496 e. The molecular weight excluding hydrogens is 318 g/mol. The molecule has 2 aromatic carbocycles. The van der Waals surface area contributed by atoms with Crippen LogP contribution in [0.15, 0.2) is 42.5 Å². The summed E-state index contributed by atoms with van der Waals surface area (Å²) in [5, 5.41) is 9.09. The van der Waals surface area contributed by atoms with E-state index < -0.39 is 5.97 Å². The third-order valence-corrected chi connectivity index (χ3v) is 4.53. The molecule has 0 aliphatic carbocycles. The molecule has 0 atom stereocenters. The van der Waals surface area contributed by atoms with Crippen molar-refractivity contribution < 1.29 is 19.4 Å². The number of rotatable bonds is 4. The highest BCUT2D eigenvalue weighted by Gasteiger charge is 2.18. The predicted molar refractivity (Wildman–Crippen MR) is 95.1 cm³/mol. The van der Waals surface area contributed by atoms with E-state index in [1.54, 1.807) is 12.1 Å². The van der Waals surface area contributed by atoms with Crippen molar-refractivity contribution in [2.24, 2.45) is 0 Å². The Morgan fingerprint density at radius 3 is 2.20 bits per heavy atom. The van der Waals surface area contributed by atoms with Crippen molar-refractivity contribution in [3.8, 4) is 16.9 Å². The second-order valence-electron chi connectivity index (χ2n) is 6.15. The summed E-state index contributed by atoms with van der Waals surface area (Å²) in [7, 11) is 1.51. The van der Waals surface area contributed by atoms with Crippen LogP contribution in [0.3, 0.4) is 0 Å². The third-order valence-electron chi connectivity index (χ3n) is 4.53. The van der Waals surface area contributed by atoms with Gasteiger partial charge in [0.15, 0.2) is 0 Å². The summed E-state index contributed by atoms with van der Waals surface area (Å²) >= 11 is 0. The molecule has 5 heteroatoms. The number of hydrogen-bond acceptors (Lipinski definition) is 3. The van der Waals surface area contributed by atoms with E-state index >= 15 is 0 Å². The van der Waals surface area contributed by atoms with Gasteiger partial charge in [-0.1, -0.05) is 12.1 Å². The Morgan fingerprint density at radius 1 is 0.960 bits per heavy atom. The van der Waals surface area contributed by atoms with Gasteiger partial charge in [-0.25, -0.2) is 4.79 Å². The van der Waals surface area contributed by atoms with E-state index in [2.05, 4.69) is 0 Å². The van der Waals surface area contributed by atoms with Crippen LogP contribution >= 0.6 is 0 Å². The van der Waals surface area contributed by atoms with Crippen molar-refractivity contribution in [1.82, 2.24) is 4.90 Å². The first-order valence-electron chi connectivity index (χ1n) is 8.41. The molecule has 1 amide bonds. The molecule has 1 saturated heterocycles. The minimum absolute atomic E-state index is 0.0689. The Morgan fingerprint density at radius 2 is 1.60 bits per heavy atom. The molecule has 2 aromatic rings. The van der Waals surface area contributed by atoms with Crippen molar-refractivity contribution in [2.75, 3.05) is 20.2 Å². The van der Waals surface area contributed by atoms with Crippen LogP contribution in [-0.4, -0.2) is 42.1 Å². The number of piperidine rings is 1. The van der Waals surface area contributed by atoms with Crippen molar-refractivity contribution in [2.45, 2.75) is 19.3 Å². The highest BCUT2D eigenvalue weighted by molar-refractivity contribution is 5.95. The zero-order chi connectivity index (χ0) is 17.8. The fraction of sp³-hybridized carbons (Fsp3) is 0.300. The van der Waals surface area contributed by atoms with Crippen LogP contribution in [-0.2, 0) is 0 Å². The molecular formula is C20H21NO4. The van der Waals surface area contributed by atoms with Gasteiger partial charge in [-0.15, -0.1) is 0 Å². The van der Waals surface area contributed by atoms with Gasteiger partial charge in [-0.05, 0) is 55.2 Å². The zero-order valence-electron chi connectivity index (χ0n) is 14.2. The molecule has 5 nitrogen and oxygen atoms in total. The van der Waals surface area contributed by atoms with Crippen LogP contribution in [0.25, 0.3) is 11.1 Å². The average molecular weight is 339 g/mol. The van der Waals surface area contributed by atoms with Gasteiger partial charge in [0.25, 0.3) is 5.91 Å². The standard InChI is InChI=1S/C20H21NO4/c1-25-18-13-16(20(23)24)9-10-17(18)14-5-7-15(8-6-14)19(22)21-11-3-2-4-12-21/h5-10,13H,2-4,11-12H2,1H3,(H,23,24). The second-order valence-corrected chi connectivity index (χ2v) is 6.15. The summed E-state index contributed by atoms with van der Waals surface area (Å²) in [6, 6.07) is 12.2. The SMILES string of the molecule is COc1cc(C(=O)O)ccc1-c1ccc(C(=O)N2CCCCC2)cc1. The molecule has 1 aliphatic rings. The third kappa shape index (κ3) is 3.65. The van der Waals surface area contributed by atoms with Gasteiger partial charge in [0.2, 0.25) is 0 Å². The maximum Gasteiger partial charge on any atom is 0.335 e. The number of carbonyl (C=O) groups excluding carboxylic acids is 1. The van der Waals surface area contributed by atoms with E-state index in [0.29, 0.717) is 11.3 Å². The van der Waals surface area contributed by atoms with Crippen molar-refractivity contribution in [1.29, 1.82) is 0 Å². The number of hydrogen-bond donors (Lipinski definition) is 1. The Hall–Kier alpha value is -2.82. The first kappa shape index (κ1) is 17.0. The van der Waals surface area contributed by atoms with Crippen molar-refractivity contribution >= 4 is 11.9 Å². The molecule has 1 N–H and O–H groups in total. The van der Waals surface area contributed by atoms with E-state index in [9.17, 15) is 9.59 Å². The van der Waals surface area contributed by atoms with Crippen LogP contribution in [0, 0.1) is 0 Å². The Labute approximate surface area is 146 Å². The number of ether oxygens (including phenoxy) is 1. The Bertz CT molecular complexity index is 777. The van der Waals surface area contributed by atoms with Crippen LogP contribution in [0.1, 0.15) is 40.0 Å². The molecule has 1 aliphatic heterocycles. The lowest BCUT2D eigenvalue weighted by Crippen LogP contribution is -2.35. The highest BCUT2D eigenvalue weighted by atomic mass is 16.5. The topological polar surface area (TPSA) is 66.8 Å². The Balaban J connectivity index is 1.85. The molecule has 0 aromatic heterocycles. The van der Waals surface area contributed by atoms with Crippen LogP contribution in [0.5, 0.6) is 5.75 Å². The van der Waals surface area contributed by atoms with Gasteiger partial charge in [0.05, 0.1) is 12.7 Å². The Kier molecular flexibility index (Phi) is 5.03. The second kappa shape index (κ2) is 7.38. The molecule has 0 unspecified atom stereocenters. The van der Waals surface area contributed by atoms with Crippen LogP contribution in [0.4, 0.5) is 0 Å². The number of aromatic carboxylic acids is 1. The summed E-state index contributed by atoms with van der Waals surface area (Å²) in [4.78, 5) is 25.5. The number of carboxylic acids is 1. The number of methoxy groups -OCH3 is 1. The average Bonchev–Trinajstić information content (AvgIpc) is 2.67. The fourth-order valence-corrected chi connectivity index (χ4v) is 3.13. The summed E-state index contributed by atoms with van der Waals surface area (Å²) < 4.78 is 5.32. The number of benzene rings is 2. The summed E-state index contributed by atoms with van der Waals surface area (Å²) in [6.07, 6.45) is 3.32. The first-order valence-corrected chi connectivity index (χ1v) is 8.41. The lowest BCUT2D eigenvalue weighted by molar-refractivity contribution is 0.0694. The van der Waals surface area contributed by atoms with Crippen LogP contribution < -0.4 is 4.74 Å². The highest BCUT2D eigenvalue weighted by Crippen LogP contribution is 2.31. The quantitative estimate of drug-likeness (QED) is 0.922. The van der Waals surface area contributed by atoms with E-state index in [1.165, 1.54) is 19.6 Å². The predicted octanol–water partition coefficient (Wildman–Crippen LogP) is 3.69. The molecule has 25 heavy (non-hydrogen) atoms. The van der Waals surface area contributed by atoms with Gasteiger partial charge in [-0.2, -0.15) is 0 Å². The monoisotopic (exact) mass is 339 g/mol. The molecule has 1 fully saturated rings. The van der Waals surface area contributed by atoms with Gasteiger partial charge in [0, 0.05) is 24.2 Å². The normalized spacial score (nSPS) is 14.2. The molecule has 130 valence electrons. The minimum atomic E-state index is -0.993. The maximum atomic E-state index is 12.5. The van der Waals surface area contributed by atoms with Crippen molar-refractivity contribution in [3.05, 3.63) is 53.6 Å². The summed E-state index contributed by atoms with van der Waals surface area (Å²) in [5.41, 5.74) is 2.53. The van der Waals surface area contributed by atoms with E-state index in [4.69, 9.17) is 9.84 Å². The molecule has 0 spiro atoms. The largest absolute Gasteiger partial charge is 0.496 e. The first-order chi connectivity index (χ1) is 12.1. The van der Waals surface area contributed by atoms with E-state index in [-0.39, 0.29) is 11.5 Å². The summed E-state index contributed by atoms with van der Waals surface area (Å²) in [5.74, 6) is -0.429. The maximum absolute atomic E-state index is 12.5. The van der Waals surface area contributed by atoms with E-state index in [1.807, 2.05) is 29.2 Å². The molecule has 0 saturated carbocycles. The number of amides is 1. The van der Waals surface area contributed by atoms with E-state index in [0.717, 1.165) is 37.1 Å². The van der Waals surface area contributed by atoms with Gasteiger partial charge in [0.1, 0.15) is 5.75 Å². The fourth-order valence-electron chi connectivity index (χ4n) is 3.13.